The highest BCUT2D eigenvalue weighted by molar-refractivity contribution is 5.98. The zero-order valence-electron chi connectivity index (χ0n) is 15.2. The van der Waals surface area contributed by atoms with Crippen molar-refractivity contribution in [2.45, 2.75) is 6.42 Å². The Labute approximate surface area is 148 Å². The number of aromatic nitrogens is 1. The van der Waals surface area contributed by atoms with Gasteiger partial charge in [0.05, 0.1) is 6.54 Å². The number of carbonyl (C=O) groups excluding carboxylic acids is 2. The topological polar surface area (TPSA) is 48.8 Å². The molecule has 1 fully saturated rings. The fourth-order valence-corrected chi connectivity index (χ4v) is 3.32. The molecular formula is C19H26N4O2. The first kappa shape index (κ1) is 17.5. The summed E-state index contributed by atoms with van der Waals surface area (Å²) in [6.45, 7) is 3.38. The monoisotopic (exact) mass is 342 g/mol. The van der Waals surface area contributed by atoms with Gasteiger partial charge in [-0.25, -0.2) is 0 Å². The maximum atomic E-state index is 13.0. The van der Waals surface area contributed by atoms with Crippen molar-refractivity contribution in [1.29, 1.82) is 0 Å². The summed E-state index contributed by atoms with van der Waals surface area (Å²) in [5.41, 5.74) is 1.79. The van der Waals surface area contributed by atoms with Crippen LogP contribution < -0.4 is 0 Å². The molecule has 0 saturated carbocycles. The third-order valence-corrected chi connectivity index (χ3v) is 4.90. The van der Waals surface area contributed by atoms with Crippen LogP contribution in [0.5, 0.6) is 0 Å². The summed E-state index contributed by atoms with van der Waals surface area (Å²) in [4.78, 5) is 30.6. The van der Waals surface area contributed by atoms with Crippen molar-refractivity contribution in [2.24, 2.45) is 7.05 Å². The molecule has 2 amide bonds. The van der Waals surface area contributed by atoms with Gasteiger partial charge in [-0.15, -0.1) is 0 Å². The number of fused-ring (bicyclic) bond motifs is 1. The summed E-state index contributed by atoms with van der Waals surface area (Å²) < 4.78 is 1.97. The van der Waals surface area contributed by atoms with Crippen molar-refractivity contribution in [3.8, 4) is 0 Å². The first-order valence-electron chi connectivity index (χ1n) is 8.73. The number of hydrogen-bond acceptors (Lipinski definition) is 3. The molecule has 1 aromatic carbocycles. The van der Waals surface area contributed by atoms with E-state index in [1.807, 2.05) is 46.8 Å². The van der Waals surface area contributed by atoms with Crippen LogP contribution in [-0.4, -0.2) is 77.9 Å². The van der Waals surface area contributed by atoms with Crippen LogP contribution in [0.25, 0.3) is 10.9 Å². The molecule has 2 aromatic rings. The maximum absolute atomic E-state index is 13.0. The lowest BCUT2D eigenvalue weighted by Gasteiger charge is -2.23. The van der Waals surface area contributed by atoms with Crippen LogP contribution in [0.2, 0.25) is 0 Å². The highest BCUT2D eigenvalue weighted by atomic mass is 16.2. The molecule has 1 aliphatic rings. The summed E-state index contributed by atoms with van der Waals surface area (Å²) in [5.74, 6) is 0.174. The number of carbonyl (C=O) groups is 2. The minimum Gasteiger partial charge on any atom is -0.348 e. The summed E-state index contributed by atoms with van der Waals surface area (Å²) in [5, 5.41) is 1.08. The SMILES string of the molecule is CN(C)C(=O)CN1CCCN(C(=O)c2cc3ccccc3n2C)CC1. The lowest BCUT2D eigenvalue weighted by Crippen LogP contribution is -2.39. The number of nitrogens with zero attached hydrogens (tertiary/aromatic N) is 4. The number of amides is 2. The Kier molecular flexibility index (Phi) is 5.08. The van der Waals surface area contributed by atoms with E-state index in [0.29, 0.717) is 13.1 Å². The van der Waals surface area contributed by atoms with Gasteiger partial charge in [-0.05, 0) is 18.6 Å². The summed E-state index contributed by atoms with van der Waals surface area (Å²) in [6, 6.07) is 10.0. The number of aryl methyl sites for hydroxylation is 1. The van der Waals surface area contributed by atoms with E-state index < -0.39 is 0 Å². The van der Waals surface area contributed by atoms with E-state index >= 15 is 0 Å². The largest absolute Gasteiger partial charge is 0.348 e. The third kappa shape index (κ3) is 3.69. The molecule has 6 heteroatoms. The fourth-order valence-electron chi connectivity index (χ4n) is 3.32. The van der Waals surface area contributed by atoms with E-state index in [-0.39, 0.29) is 11.8 Å². The average Bonchev–Trinajstić information content (AvgIpc) is 2.78. The van der Waals surface area contributed by atoms with Gasteiger partial charge in [0, 0.05) is 58.2 Å². The number of hydrogen-bond donors (Lipinski definition) is 0. The molecule has 0 atom stereocenters. The third-order valence-electron chi connectivity index (χ3n) is 4.90. The van der Waals surface area contributed by atoms with E-state index in [1.165, 1.54) is 0 Å². The van der Waals surface area contributed by atoms with Crippen LogP contribution in [0, 0.1) is 0 Å². The molecule has 6 nitrogen and oxygen atoms in total. The van der Waals surface area contributed by atoms with Crippen molar-refractivity contribution in [2.75, 3.05) is 46.8 Å². The van der Waals surface area contributed by atoms with Crippen LogP contribution >= 0.6 is 0 Å². The van der Waals surface area contributed by atoms with Crippen LogP contribution in [0.3, 0.4) is 0 Å². The van der Waals surface area contributed by atoms with Gasteiger partial charge in [0.2, 0.25) is 5.91 Å². The average molecular weight is 342 g/mol. The number of rotatable bonds is 3. The van der Waals surface area contributed by atoms with Gasteiger partial charge in [0.1, 0.15) is 5.69 Å². The summed E-state index contributed by atoms with van der Waals surface area (Å²) >= 11 is 0. The van der Waals surface area contributed by atoms with Gasteiger partial charge in [-0.1, -0.05) is 18.2 Å². The molecule has 1 saturated heterocycles. The quantitative estimate of drug-likeness (QED) is 0.847. The second-order valence-electron chi connectivity index (χ2n) is 6.86. The van der Waals surface area contributed by atoms with Crippen molar-refractivity contribution >= 4 is 22.7 Å². The Balaban J connectivity index is 1.70. The van der Waals surface area contributed by atoms with Crippen molar-refractivity contribution in [3.63, 3.8) is 0 Å². The molecule has 0 spiro atoms. The standard InChI is InChI=1S/C19H26N4O2/c1-20(2)18(24)14-22-9-6-10-23(12-11-22)19(25)17-13-15-7-4-5-8-16(15)21(17)3/h4-5,7-8,13H,6,9-12,14H2,1-3H3. The Morgan fingerprint density at radius 3 is 2.56 bits per heavy atom. The smallest absolute Gasteiger partial charge is 0.270 e. The Morgan fingerprint density at radius 2 is 1.84 bits per heavy atom. The number of benzene rings is 1. The molecule has 0 N–H and O–H groups in total. The van der Waals surface area contributed by atoms with Crippen LogP contribution in [-0.2, 0) is 11.8 Å². The predicted molar refractivity (Wildman–Crippen MR) is 98.6 cm³/mol. The lowest BCUT2D eigenvalue weighted by atomic mass is 10.2. The highest BCUT2D eigenvalue weighted by Gasteiger charge is 2.24. The molecule has 0 radical (unpaired) electrons. The maximum Gasteiger partial charge on any atom is 0.270 e. The van der Waals surface area contributed by atoms with Gasteiger partial charge >= 0.3 is 0 Å². The van der Waals surface area contributed by atoms with Gasteiger partial charge < -0.3 is 14.4 Å². The minimum absolute atomic E-state index is 0.0690. The van der Waals surface area contributed by atoms with Gasteiger partial charge in [-0.3, -0.25) is 14.5 Å². The van der Waals surface area contributed by atoms with E-state index in [9.17, 15) is 9.59 Å². The number of likely N-dealkylation sites (N-methyl/N-ethyl adjacent to an activating group) is 1. The molecule has 2 heterocycles. The Morgan fingerprint density at radius 1 is 1.08 bits per heavy atom. The van der Waals surface area contributed by atoms with E-state index in [0.717, 1.165) is 42.7 Å². The lowest BCUT2D eigenvalue weighted by molar-refractivity contribution is -0.129. The summed E-state index contributed by atoms with van der Waals surface area (Å²) in [7, 11) is 5.49. The van der Waals surface area contributed by atoms with Crippen molar-refractivity contribution < 1.29 is 9.59 Å². The Bertz CT molecular complexity index is 781. The molecule has 0 unspecified atom stereocenters. The summed E-state index contributed by atoms with van der Waals surface area (Å²) in [6.07, 6.45) is 0.885. The molecule has 1 aliphatic heterocycles. The van der Waals surface area contributed by atoms with Gasteiger partial charge in [0.25, 0.3) is 5.91 Å². The first-order chi connectivity index (χ1) is 12.0. The molecule has 1 aromatic heterocycles. The van der Waals surface area contributed by atoms with Crippen molar-refractivity contribution in [3.05, 3.63) is 36.0 Å². The van der Waals surface area contributed by atoms with Crippen molar-refractivity contribution in [1.82, 2.24) is 19.3 Å². The second kappa shape index (κ2) is 7.27. The minimum atomic E-state index is 0.0690. The van der Waals surface area contributed by atoms with Crippen LogP contribution in [0.4, 0.5) is 0 Å². The Hall–Kier alpha value is -2.34. The zero-order chi connectivity index (χ0) is 18.0. The molecular weight excluding hydrogens is 316 g/mol. The predicted octanol–water partition coefficient (Wildman–Crippen LogP) is 1.41. The highest BCUT2D eigenvalue weighted by Crippen LogP contribution is 2.20. The second-order valence-corrected chi connectivity index (χ2v) is 6.86. The van der Waals surface area contributed by atoms with E-state index in [4.69, 9.17) is 0 Å². The van der Waals surface area contributed by atoms with Gasteiger partial charge in [-0.2, -0.15) is 0 Å². The molecule has 3 rings (SSSR count). The zero-order valence-corrected chi connectivity index (χ0v) is 15.2. The normalized spacial score (nSPS) is 16.0. The molecule has 25 heavy (non-hydrogen) atoms. The molecule has 0 aliphatic carbocycles. The molecule has 0 bridgehead atoms. The van der Waals surface area contributed by atoms with E-state index in [1.54, 1.807) is 19.0 Å². The van der Waals surface area contributed by atoms with Crippen LogP contribution in [0.15, 0.2) is 30.3 Å². The van der Waals surface area contributed by atoms with Gasteiger partial charge in [0.15, 0.2) is 0 Å². The van der Waals surface area contributed by atoms with Crippen LogP contribution in [0.1, 0.15) is 16.9 Å². The fraction of sp³-hybridized carbons (Fsp3) is 0.474. The van der Waals surface area contributed by atoms with E-state index in [2.05, 4.69) is 4.90 Å². The number of para-hydroxylation sites is 1. The first-order valence-corrected chi connectivity index (χ1v) is 8.73. The molecule has 134 valence electrons.